The predicted molar refractivity (Wildman–Crippen MR) is 135 cm³/mol. The fourth-order valence-corrected chi connectivity index (χ4v) is 4.46. The van der Waals surface area contributed by atoms with Gasteiger partial charge in [0, 0.05) is 16.8 Å². The summed E-state index contributed by atoms with van der Waals surface area (Å²) in [7, 11) is 0. The normalized spacial score (nSPS) is 14.1. The van der Waals surface area contributed by atoms with Gasteiger partial charge in [-0.05, 0) is 48.9 Å². The number of esters is 1. The Labute approximate surface area is 202 Å². The van der Waals surface area contributed by atoms with Crippen LogP contribution >= 0.6 is 11.8 Å². The summed E-state index contributed by atoms with van der Waals surface area (Å²) in [6.45, 7) is 2.02. The maximum absolute atomic E-state index is 13.1. The Morgan fingerprint density at radius 2 is 1.62 bits per heavy atom. The van der Waals surface area contributed by atoms with Crippen molar-refractivity contribution in [3.63, 3.8) is 0 Å². The summed E-state index contributed by atoms with van der Waals surface area (Å²) in [5, 5.41) is 15.2. The first kappa shape index (κ1) is 22.9. The molecule has 168 valence electrons. The Bertz CT molecular complexity index is 1290. The molecule has 1 aliphatic heterocycles. The molecule has 0 bridgehead atoms. The molecule has 1 amide bonds. The molecule has 0 unspecified atom stereocenters. The standard InChI is InChI=1S/C27H21N3O3S/c1-2-33-27(32)20-13-15-21(16-14-20)29-25(31)23(17-28)26-30(22-11-7-4-8-12-22)24(18-34-26)19-9-5-3-6-10-19/h3-16,18H,2H2,1H3,(H,29,31). The molecule has 4 rings (SSSR count). The molecular weight excluding hydrogens is 446 g/mol. The molecule has 0 saturated heterocycles. The third-order valence-electron chi connectivity index (χ3n) is 5.02. The van der Waals surface area contributed by atoms with Crippen LogP contribution in [-0.2, 0) is 9.53 Å². The number of para-hydroxylation sites is 1. The number of carbonyl (C=O) groups excluding carboxylic acids is 2. The second-order valence-electron chi connectivity index (χ2n) is 7.20. The van der Waals surface area contributed by atoms with Crippen LogP contribution in [0.1, 0.15) is 22.8 Å². The van der Waals surface area contributed by atoms with Crippen LogP contribution in [-0.4, -0.2) is 18.5 Å². The minimum absolute atomic E-state index is 0.00879. The van der Waals surface area contributed by atoms with Crippen molar-refractivity contribution in [2.75, 3.05) is 16.8 Å². The predicted octanol–water partition coefficient (Wildman–Crippen LogP) is 5.79. The number of amides is 1. The molecule has 0 atom stereocenters. The van der Waals surface area contributed by atoms with Crippen molar-refractivity contribution in [3.05, 3.63) is 112 Å². The van der Waals surface area contributed by atoms with Crippen molar-refractivity contribution in [3.8, 4) is 6.07 Å². The van der Waals surface area contributed by atoms with Gasteiger partial charge in [-0.2, -0.15) is 5.26 Å². The number of thioether (sulfide) groups is 1. The Hall–Kier alpha value is -4.28. The Morgan fingerprint density at radius 1 is 0.971 bits per heavy atom. The molecule has 0 saturated carbocycles. The molecule has 3 aromatic rings. The lowest BCUT2D eigenvalue weighted by atomic mass is 10.1. The third-order valence-corrected chi connectivity index (χ3v) is 5.97. The highest BCUT2D eigenvalue weighted by Crippen LogP contribution is 2.44. The number of ether oxygens (including phenoxy) is 1. The molecule has 1 aliphatic rings. The monoisotopic (exact) mass is 467 g/mol. The van der Waals surface area contributed by atoms with Gasteiger partial charge in [0.2, 0.25) is 0 Å². The van der Waals surface area contributed by atoms with Crippen LogP contribution < -0.4 is 10.2 Å². The molecule has 0 fully saturated rings. The molecule has 1 N–H and O–H groups in total. The number of rotatable bonds is 6. The molecule has 7 heteroatoms. The lowest BCUT2D eigenvalue weighted by molar-refractivity contribution is -0.112. The molecular formula is C27H21N3O3S. The van der Waals surface area contributed by atoms with Gasteiger partial charge in [0.05, 0.1) is 17.9 Å². The molecule has 3 aromatic carbocycles. The van der Waals surface area contributed by atoms with E-state index in [1.807, 2.05) is 71.0 Å². The summed E-state index contributed by atoms with van der Waals surface area (Å²) in [6.07, 6.45) is 0. The van der Waals surface area contributed by atoms with Gasteiger partial charge in [-0.15, -0.1) is 0 Å². The molecule has 1 heterocycles. The minimum atomic E-state index is -0.530. The maximum atomic E-state index is 13.1. The molecule has 0 aliphatic carbocycles. The first-order valence-corrected chi connectivity index (χ1v) is 11.5. The minimum Gasteiger partial charge on any atom is -0.462 e. The van der Waals surface area contributed by atoms with E-state index in [0.29, 0.717) is 16.3 Å². The van der Waals surface area contributed by atoms with Gasteiger partial charge in [0.25, 0.3) is 5.91 Å². The third kappa shape index (κ3) is 4.87. The van der Waals surface area contributed by atoms with Crippen LogP contribution in [0.5, 0.6) is 0 Å². The van der Waals surface area contributed by atoms with E-state index < -0.39 is 11.9 Å². The molecule has 34 heavy (non-hydrogen) atoms. The highest BCUT2D eigenvalue weighted by atomic mass is 32.2. The van der Waals surface area contributed by atoms with E-state index in [2.05, 4.69) is 11.4 Å². The SMILES string of the molecule is CCOC(=O)c1ccc(NC(=O)C(C#N)=C2SC=C(c3ccccc3)N2c2ccccc2)cc1. The lowest BCUT2D eigenvalue weighted by Gasteiger charge is -2.24. The summed E-state index contributed by atoms with van der Waals surface area (Å²) in [5.74, 6) is -0.960. The fraction of sp³-hybridized carbons (Fsp3) is 0.0741. The zero-order valence-electron chi connectivity index (χ0n) is 18.4. The molecule has 0 spiro atoms. The van der Waals surface area contributed by atoms with Gasteiger partial charge in [-0.1, -0.05) is 60.3 Å². The number of carbonyl (C=O) groups is 2. The van der Waals surface area contributed by atoms with E-state index >= 15 is 0 Å². The number of hydrogen-bond donors (Lipinski definition) is 1. The lowest BCUT2D eigenvalue weighted by Crippen LogP contribution is -2.22. The smallest absolute Gasteiger partial charge is 0.338 e. The van der Waals surface area contributed by atoms with Crippen LogP contribution in [0.15, 0.2) is 101 Å². The summed E-state index contributed by atoms with van der Waals surface area (Å²) in [4.78, 5) is 26.9. The van der Waals surface area contributed by atoms with Crippen molar-refractivity contribution in [2.24, 2.45) is 0 Å². The van der Waals surface area contributed by atoms with Crippen LogP contribution in [0, 0.1) is 11.3 Å². The van der Waals surface area contributed by atoms with Gasteiger partial charge >= 0.3 is 5.97 Å². The van der Waals surface area contributed by atoms with E-state index in [-0.39, 0.29) is 12.2 Å². The first-order chi connectivity index (χ1) is 16.6. The summed E-state index contributed by atoms with van der Waals surface area (Å²) >= 11 is 1.33. The van der Waals surface area contributed by atoms with Crippen molar-refractivity contribution in [1.82, 2.24) is 0 Å². The number of nitriles is 1. The number of nitrogens with one attached hydrogen (secondary N) is 1. The van der Waals surface area contributed by atoms with Crippen molar-refractivity contribution in [2.45, 2.75) is 6.92 Å². The summed E-state index contributed by atoms with van der Waals surface area (Å²) in [6, 6.07) is 27.9. The van der Waals surface area contributed by atoms with Crippen molar-refractivity contribution < 1.29 is 14.3 Å². The van der Waals surface area contributed by atoms with Gasteiger partial charge < -0.3 is 15.0 Å². The second-order valence-corrected chi connectivity index (χ2v) is 8.06. The fourth-order valence-electron chi connectivity index (χ4n) is 3.43. The first-order valence-electron chi connectivity index (χ1n) is 10.6. The van der Waals surface area contributed by atoms with Crippen LogP contribution in [0.4, 0.5) is 11.4 Å². The van der Waals surface area contributed by atoms with Crippen LogP contribution in [0.25, 0.3) is 5.70 Å². The van der Waals surface area contributed by atoms with E-state index in [9.17, 15) is 14.9 Å². The average Bonchev–Trinajstić information content (AvgIpc) is 3.31. The largest absolute Gasteiger partial charge is 0.462 e. The number of nitrogens with zero attached hydrogens (tertiary/aromatic N) is 2. The Kier molecular flexibility index (Phi) is 7.11. The van der Waals surface area contributed by atoms with Crippen molar-refractivity contribution >= 4 is 40.7 Å². The zero-order chi connectivity index (χ0) is 23.9. The van der Waals surface area contributed by atoms with Gasteiger partial charge in [-0.25, -0.2) is 4.79 Å². The van der Waals surface area contributed by atoms with E-state index in [4.69, 9.17) is 4.74 Å². The molecule has 0 aromatic heterocycles. The topological polar surface area (TPSA) is 82.4 Å². The second kappa shape index (κ2) is 10.6. The van der Waals surface area contributed by atoms with E-state index in [0.717, 1.165) is 16.9 Å². The van der Waals surface area contributed by atoms with Gasteiger partial charge in [-0.3, -0.25) is 4.79 Å². The van der Waals surface area contributed by atoms with Gasteiger partial charge in [0.15, 0.2) is 0 Å². The van der Waals surface area contributed by atoms with Crippen LogP contribution in [0.2, 0.25) is 0 Å². The Morgan fingerprint density at radius 3 is 2.24 bits per heavy atom. The zero-order valence-corrected chi connectivity index (χ0v) is 19.2. The van der Waals surface area contributed by atoms with E-state index in [1.54, 1.807) is 31.2 Å². The van der Waals surface area contributed by atoms with Gasteiger partial charge in [0.1, 0.15) is 16.7 Å². The average molecular weight is 468 g/mol. The molecule has 0 radical (unpaired) electrons. The number of hydrogen-bond acceptors (Lipinski definition) is 6. The Balaban J connectivity index is 1.65. The summed E-state index contributed by atoms with van der Waals surface area (Å²) in [5.41, 5.74) is 3.55. The maximum Gasteiger partial charge on any atom is 0.338 e. The van der Waals surface area contributed by atoms with E-state index in [1.165, 1.54) is 11.8 Å². The molecule has 6 nitrogen and oxygen atoms in total. The highest BCUT2D eigenvalue weighted by Gasteiger charge is 2.30. The quantitative estimate of drug-likeness (QED) is 0.281. The van der Waals surface area contributed by atoms with Crippen LogP contribution in [0.3, 0.4) is 0 Å². The summed E-state index contributed by atoms with van der Waals surface area (Å²) < 4.78 is 4.98. The number of benzene rings is 3. The van der Waals surface area contributed by atoms with Crippen molar-refractivity contribution in [1.29, 1.82) is 5.26 Å². The number of anilines is 2. The highest BCUT2D eigenvalue weighted by molar-refractivity contribution is 8.06.